The van der Waals surface area contributed by atoms with E-state index in [9.17, 15) is 4.79 Å². The summed E-state index contributed by atoms with van der Waals surface area (Å²) < 4.78 is 36.0. The number of carbonyl (C=O) groups is 1. The maximum atomic E-state index is 12.4. The van der Waals surface area contributed by atoms with Gasteiger partial charge in [0.15, 0.2) is 0 Å². The van der Waals surface area contributed by atoms with Crippen LogP contribution in [0.1, 0.15) is 107 Å². The van der Waals surface area contributed by atoms with E-state index in [0.717, 1.165) is 38.5 Å². The van der Waals surface area contributed by atoms with Crippen LogP contribution in [0.25, 0.3) is 0 Å². The minimum atomic E-state index is -2.66. The third kappa shape index (κ3) is 12.2. The number of hydrogen-bond acceptors (Lipinski definition) is 7. The molecule has 0 aliphatic carbocycles. The third-order valence-corrected chi connectivity index (χ3v) is 13.1. The molecule has 0 bridgehead atoms. The van der Waals surface area contributed by atoms with Crippen LogP contribution in [-0.2, 0) is 31.4 Å². The molecule has 0 rings (SSSR count). The lowest BCUT2D eigenvalue weighted by molar-refractivity contribution is -0.119. The Labute approximate surface area is 212 Å². The molecule has 0 heterocycles. The van der Waals surface area contributed by atoms with Gasteiger partial charge in [-0.05, 0) is 67.2 Å². The number of carbonyl (C=O) groups excluding carboxylic acids is 1. The van der Waals surface area contributed by atoms with Crippen molar-refractivity contribution in [2.75, 3.05) is 39.6 Å². The van der Waals surface area contributed by atoms with Gasteiger partial charge in [-0.15, -0.1) is 0 Å². The fourth-order valence-electron chi connectivity index (χ4n) is 4.33. The van der Waals surface area contributed by atoms with E-state index in [-0.39, 0.29) is 11.1 Å². The predicted molar refractivity (Wildman–Crippen MR) is 142 cm³/mol. The van der Waals surface area contributed by atoms with Crippen LogP contribution in [0.15, 0.2) is 0 Å². The molecule has 0 N–H and O–H groups in total. The lowest BCUT2D eigenvalue weighted by Gasteiger charge is -2.33. The Hall–Kier alpha value is -0.136. The van der Waals surface area contributed by atoms with Crippen LogP contribution >= 0.6 is 0 Å². The summed E-state index contributed by atoms with van der Waals surface area (Å²) in [6, 6.07) is 0. The summed E-state index contributed by atoms with van der Waals surface area (Å²) in [5, 5.41) is 0. The Morgan fingerprint density at radius 1 is 0.529 bits per heavy atom. The van der Waals surface area contributed by atoms with Gasteiger partial charge in [-0.25, -0.2) is 0 Å². The first-order valence-corrected chi connectivity index (χ1v) is 17.3. The molecular formula is C25H54O7Si2. The largest absolute Gasteiger partial charge is 0.503 e. The van der Waals surface area contributed by atoms with Gasteiger partial charge in [0.25, 0.3) is 0 Å². The second-order valence-corrected chi connectivity index (χ2v) is 14.8. The van der Waals surface area contributed by atoms with Crippen molar-refractivity contribution in [1.29, 1.82) is 0 Å². The van der Waals surface area contributed by atoms with E-state index >= 15 is 0 Å². The average molecular weight is 523 g/mol. The summed E-state index contributed by atoms with van der Waals surface area (Å²) in [4.78, 5) is 12.4. The lowest BCUT2D eigenvalue weighted by Crippen LogP contribution is -2.49. The second-order valence-electron chi connectivity index (χ2n) is 8.64. The van der Waals surface area contributed by atoms with Crippen LogP contribution < -0.4 is 0 Å². The van der Waals surface area contributed by atoms with Crippen LogP contribution in [0.5, 0.6) is 0 Å². The SMILES string of the molecule is CCO[Si](OCC)(OCC)C(C)CCCCC(=O)CCCCC(C)[Si](OCC)(OCC)OCC. The van der Waals surface area contributed by atoms with Gasteiger partial charge in [-0.2, -0.15) is 0 Å². The standard InChI is InChI=1S/C25H54O7Si2/c1-9-27-33(28-10-2,29-11-3)23(7)19-15-17-21-25(26)22-18-16-20-24(8)34(30-12-4,31-13-5)32-14-6/h23-24H,9-22H2,1-8H3. The topological polar surface area (TPSA) is 72.5 Å². The molecule has 7 nitrogen and oxygen atoms in total. The molecule has 0 saturated carbocycles. The first-order chi connectivity index (χ1) is 16.3. The molecule has 0 amide bonds. The van der Waals surface area contributed by atoms with Gasteiger partial charge in [0, 0.05) is 63.6 Å². The highest BCUT2D eigenvalue weighted by molar-refractivity contribution is 6.62. The highest BCUT2D eigenvalue weighted by atomic mass is 28.4. The van der Waals surface area contributed by atoms with Gasteiger partial charge in [0.05, 0.1) is 0 Å². The number of Topliss-reactive ketones (excluding diaryl/α,β-unsaturated/α-hetero) is 1. The van der Waals surface area contributed by atoms with Gasteiger partial charge < -0.3 is 26.6 Å². The van der Waals surface area contributed by atoms with Crippen molar-refractivity contribution < 1.29 is 31.4 Å². The fourth-order valence-corrected chi connectivity index (χ4v) is 10.1. The van der Waals surface area contributed by atoms with E-state index in [2.05, 4.69) is 13.8 Å². The Bertz CT molecular complexity index is 432. The van der Waals surface area contributed by atoms with E-state index < -0.39 is 17.6 Å². The zero-order valence-electron chi connectivity index (χ0n) is 23.4. The Morgan fingerprint density at radius 3 is 1.03 bits per heavy atom. The first-order valence-electron chi connectivity index (χ1n) is 13.7. The van der Waals surface area contributed by atoms with Crippen molar-refractivity contribution in [1.82, 2.24) is 0 Å². The molecular weight excluding hydrogens is 468 g/mol. The average Bonchev–Trinajstić information content (AvgIpc) is 2.80. The van der Waals surface area contributed by atoms with Gasteiger partial charge in [-0.3, -0.25) is 4.79 Å². The maximum absolute atomic E-state index is 12.4. The van der Waals surface area contributed by atoms with Crippen LogP contribution in [0.4, 0.5) is 0 Å². The Kier molecular flexibility index (Phi) is 19.9. The highest BCUT2D eigenvalue weighted by Gasteiger charge is 2.47. The number of ketones is 1. The van der Waals surface area contributed by atoms with E-state index in [1.54, 1.807) is 0 Å². The summed E-state index contributed by atoms with van der Waals surface area (Å²) in [5.41, 5.74) is 0.462. The van der Waals surface area contributed by atoms with Crippen molar-refractivity contribution in [2.24, 2.45) is 0 Å². The molecule has 0 aromatic carbocycles. The smallest absolute Gasteiger partial charge is 0.374 e. The van der Waals surface area contributed by atoms with Crippen LogP contribution in [0.3, 0.4) is 0 Å². The molecule has 34 heavy (non-hydrogen) atoms. The minimum absolute atomic E-state index is 0.231. The summed E-state index contributed by atoms with van der Waals surface area (Å²) >= 11 is 0. The fraction of sp³-hybridized carbons (Fsp3) is 0.960. The zero-order chi connectivity index (χ0) is 25.9. The van der Waals surface area contributed by atoms with E-state index in [0.29, 0.717) is 58.3 Å². The van der Waals surface area contributed by atoms with Crippen molar-refractivity contribution in [2.45, 2.75) is 118 Å². The van der Waals surface area contributed by atoms with Crippen molar-refractivity contribution in [3.8, 4) is 0 Å². The quantitative estimate of drug-likeness (QED) is 0.105. The summed E-state index contributed by atoms with van der Waals surface area (Å²) in [5.74, 6) is 0.353. The molecule has 0 aliphatic rings. The zero-order valence-corrected chi connectivity index (χ0v) is 25.4. The Balaban J connectivity index is 4.38. The lowest BCUT2D eigenvalue weighted by atomic mass is 10.0. The molecule has 2 unspecified atom stereocenters. The van der Waals surface area contributed by atoms with Gasteiger partial charge >= 0.3 is 17.6 Å². The molecule has 0 aliphatic heterocycles. The summed E-state index contributed by atoms with van der Waals surface area (Å²) in [7, 11) is -5.32. The molecule has 0 aromatic heterocycles. The molecule has 0 saturated heterocycles. The van der Waals surface area contributed by atoms with Crippen molar-refractivity contribution in [3.63, 3.8) is 0 Å². The maximum Gasteiger partial charge on any atom is 0.503 e. The monoisotopic (exact) mass is 522 g/mol. The molecule has 9 heteroatoms. The number of unbranched alkanes of at least 4 members (excludes halogenated alkanes) is 2. The Morgan fingerprint density at radius 2 is 0.794 bits per heavy atom. The molecule has 0 aromatic rings. The van der Waals surface area contributed by atoms with Crippen LogP contribution in [0.2, 0.25) is 11.1 Å². The third-order valence-electron chi connectivity index (χ3n) is 5.97. The number of hydrogen-bond donors (Lipinski definition) is 0. The second kappa shape index (κ2) is 20.0. The molecule has 0 fully saturated rings. The highest BCUT2D eigenvalue weighted by Crippen LogP contribution is 2.32. The number of rotatable bonds is 24. The van der Waals surface area contributed by atoms with Gasteiger partial charge in [0.2, 0.25) is 0 Å². The van der Waals surface area contributed by atoms with Crippen LogP contribution in [0, 0.1) is 0 Å². The molecule has 204 valence electrons. The predicted octanol–water partition coefficient (Wildman–Crippen LogP) is 6.55. The normalized spacial score (nSPS) is 14.4. The minimum Gasteiger partial charge on any atom is -0.374 e. The first kappa shape index (κ1) is 33.9. The van der Waals surface area contributed by atoms with E-state index in [1.165, 1.54) is 0 Å². The van der Waals surface area contributed by atoms with E-state index in [1.807, 2.05) is 41.5 Å². The summed E-state index contributed by atoms with van der Waals surface area (Å²) in [6.45, 7) is 19.8. The molecule has 0 radical (unpaired) electrons. The van der Waals surface area contributed by atoms with Gasteiger partial charge in [0.1, 0.15) is 5.78 Å². The summed E-state index contributed by atoms with van der Waals surface area (Å²) in [6.07, 6.45) is 6.97. The van der Waals surface area contributed by atoms with Crippen molar-refractivity contribution >= 4 is 23.4 Å². The molecule has 0 spiro atoms. The van der Waals surface area contributed by atoms with E-state index in [4.69, 9.17) is 26.6 Å². The van der Waals surface area contributed by atoms with Gasteiger partial charge in [-0.1, -0.05) is 26.7 Å². The van der Waals surface area contributed by atoms with Crippen LogP contribution in [-0.4, -0.2) is 63.0 Å². The van der Waals surface area contributed by atoms with Crippen molar-refractivity contribution in [3.05, 3.63) is 0 Å². The molecule has 2 atom stereocenters.